The van der Waals surface area contributed by atoms with Crippen LogP contribution in [0.1, 0.15) is 37.9 Å². The molecule has 3 nitrogen and oxygen atoms in total. The van der Waals surface area contributed by atoms with E-state index in [2.05, 4.69) is 31.0 Å². The van der Waals surface area contributed by atoms with E-state index in [9.17, 15) is 4.39 Å². The molecule has 0 saturated carbocycles. The van der Waals surface area contributed by atoms with Gasteiger partial charge in [-0.1, -0.05) is 6.07 Å². The van der Waals surface area contributed by atoms with Crippen LogP contribution < -0.4 is 5.32 Å². The molecule has 0 radical (unpaired) electrons. The summed E-state index contributed by atoms with van der Waals surface area (Å²) in [6.45, 7) is 8.32. The Morgan fingerprint density at radius 2 is 2.21 bits per heavy atom. The predicted octanol–water partition coefficient (Wildman–Crippen LogP) is 2.44. The van der Waals surface area contributed by atoms with Crippen molar-refractivity contribution >= 4 is 0 Å². The zero-order chi connectivity index (χ0) is 14.0. The molecule has 1 fully saturated rings. The molecule has 0 aliphatic carbocycles. The molecule has 1 aromatic rings. The zero-order valence-electron chi connectivity index (χ0n) is 11.7. The van der Waals surface area contributed by atoms with Gasteiger partial charge >= 0.3 is 0 Å². The van der Waals surface area contributed by atoms with Gasteiger partial charge in [-0.25, -0.2) is 4.39 Å². The van der Waals surface area contributed by atoms with Crippen LogP contribution in [0, 0.1) is 17.1 Å². The van der Waals surface area contributed by atoms with Crippen molar-refractivity contribution in [3.05, 3.63) is 35.1 Å². The van der Waals surface area contributed by atoms with Gasteiger partial charge in [-0.3, -0.25) is 4.90 Å². The summed E-state index contributed by atoms with van der Waals surface area (Å²) in [4.78, 5) is 2.38. The van der Waals surface area contributed by atoms with Crippen molar-refractivity contribution in [3.63, 3.8) is 0 Å². The van der Waals surface area contributed by atoms with Gasteiger partial charge in [0.15, 0.2) is 0 Å². The third-order valence-corrected chi connectivity index (χ3v) is 3.91. The highest BCUT2D eigenvalue weighted by atomic mass is 19.1. The van der Waals surface area contributed by atoms with Crippen LogP contribution in [0.2, 0.25) is 0 Å². The number of hydrogen-bond acceptors (Lipinski definition) is 3. The third-order valence-electron chi connectivity index (χ3n) is 3.91. The quantitative estimate of drug-likeness (QED) is 0.888. The van der Waals surface area contributed by atoms with Crippen molar-refractivity contribution in [1.29, 1.82) is 5.26 Å². The summed E-state index contributed by atoms with van der Waals surface area (Å²) in [6, 6.07) is 7.79. The van der Waals surface area contributed by atoms with Crippen LogP contribution in [0.4, 0.5) is 4.39 Å². The summed E-state index contributed by atoms with van der Waals surface area (Å²) in [6.07, 6.45) is 0. The van der Waals surface area contributed by atoms with Gasteiger partial charge in [0.1, 0.15) is 11.9 Å². The minimum absolute atomic E-state index is 0.109. The fourth-order valence-corrected chi connectivity index (χ4v) is 2.66. The van der Waals surface area contributed by atoms with E-state index in [0.717, 1.165) is 18.7 Å². The van der Waals surface area contributed by atoms with Crippen LogP contribution in [-0.4, -0.2) is 30.1 Å². The molecule has 0 spiro atoms. The number of nitrogens with one attached hydrogen (secondary N) is 1. The topological polar surface area (TPSA) is 39.1 Å². The Balaban J connectivity index is 2.21. The summed E-state index contributed by atoms with van der Waals surface area (Å²) in [5.74, 6) is -0.428. The molecule has 4 heteroatoms. The second-order valence-corrected chi connectivity index (χ2v) is 5.38. The van der Waals surface area contributed by atoms with Gasteiger partial charge in [0, 0.05) is 31.2 Å². The molecular weight excluding hydrogens is 241 g/mol. The standard InChI is InChI=1S/C15H20FN3/c1-10-9-19(11(2)8-18-10)12(3)13-4-5-14(7-17)15(16)6-13/h4-6,10-12,18H,8-9H2,1-3H3/t10-,11+,12?/m0/s1. The van der Waals surface area contributed by atoms with Crippen LogP contribution in [0.5, 0.6) is 0 Å². The van der Waals surface area contributed by atoms with Gasteiger partial charge in [-0.05, 0) is 38.5 Å². The lowest BCUT2D eigenvalue weighted by molar-refractivity contribution is 0.103. The van der Waals surface area contributed by atoms with Crippen molar-refractivity contribution < 1.29 is 4.39 Å². The Morgan fingerprint density at radius 1 is 1.47 bits per heavy atom. The van der Waals surface area contributed by atoms with E-state index < -0.39 is 5.82 Å². The average molecular weight is 261 g/mol. The first-order valence-electron chi connectivity index (χ1n) is 6.71. The number of nitriles is 1. The summed E-state index contributed by atoms with van der Waals surface area (Å²) >= 11 is 0. The molecule has 3 atom stereocenters. The lowest BCUT2D eigenvalue weighted by Gasteiger charge is -2.41. The summed E-state index contributed by atoms with van der Waals surface area (Å²) < 4.78 is 13.7. The minimum atomic E-state index is -0.428. The molecular formula is C15H20FN3. The Kier molecular flexibility index (Phi) is 4.18. The van der Waals surface area contributed by atoms with E-state index in [-0.39, 0.29) is 11.6 Å². The van der Waals surface area contributed by atoms with Gasteiger partial charge in [0.2, 0.25) is 0 Å². The number of rotatable bonds is 2. The van der Waals surface area contributed by atoms with Crippen LogP contribution >= 0.6 is 0 Å². The van der Waals surface area contributed by atoms with E-state index in [1.807, 2.05) is 12.1 Å². The summed E-state index contributed by atoms with van der Waals surface area (Å²) in [5, 5.41) is 12.2. The number of piperazine rings is 1. The first kappa shape index (κ1) is 14.0. The van der Waals surface area contributed by atoms with Gasteiger partial charge in [0.05, 0.1) is 5.56 Å². The Labute approximate surface area is 114 Å². The van der Waals surface area contributed by atoms with E-state index in [4.69, 9.17) is 5.26 Å². The lowest BCUT2D eigenvalue weighted by atomic mass is 10.0. The molecule has 1 aliphatic heterocycles. The molecule has 1 saturated heterocycles. The van der Waals surface area contributed by atoms with E-state index in [1.54, 1.807) is 6.07 Å². The lowest BCUT2D eigenvalue weighted by Crippen LogP contribution is -2.54. The Morgan fingerprint density at radius 3 is 2.84 bits per heavy atom. The molecule has 2 rings (SSSR count). The van der Waals surface area contributed by atoms with Crippen molar-refractivity contribution in [2.24, 2.45) is 0 Å². The molecule has 1 heterocycles. The molecule has 0 amide bonds. The molecule has 1 aliphatic rings. The average Bonchev–Trinajstić information content (AvgIpc) is 2.40. The van der Waals surface area contributed by atoms with Crippen molar-refractivity contribution in [2.75, 3.05) is 13.1 Å². The zero-order valence-corrected chi connectivity index (χ0v) is 11.7. The van der Waals surface area contributed by atoms with E-state index >= 15 is 0 Å². The molecule has 1 N–H and O–H groups in total. The fraction of sp³-hybridized carbons (Fsp3) is 0.533. The Hall–Kier alpha value is -1.44. The minimum Gasteiger partial charge on any atom is -0.311 e. The first-order chi connectivity index (χ1) is 9.02. The van der Waals surface area contributed by atoms with Crippen LogP contribution in [-0.2, 0) is 0 Å². The van der Waals surface area contributed by atoms with Gasteiger partial charge in [0.25, 0.3) is 0 Å². The number of nitrogens with zero attached hydrogens (tertiary/aromatic N) is 2. The maximum absolute atomic E-state index is 13.7. The smallest absolute Gasteiger partial charge is 0.141 e. The second kappa shape index (κ2) is 5.68. The highest BCUT2D eigenvalue weighted by molar-refractivity contribution is 5.34. The van der Waals surface area contributed by atoms with E-state index in [1.165, 1.54) is 6.07 Å². The first-order valence-corrected chi connectivity index (χ1v) is 6.71. The molecule has 19 heavy (non-hydrogen) atoms. The predicted molar refractivity (Wildman–Crippen MR) is 73.2 cm³/mol. The number of benzene rings is 1. The second-order valence-electron chi connectivity index (χ2n) is 5.38. The van der Waals surface area contributed by atoms with Gasteiger partial charge < -0.3 is 5.32 Å². The maximum atomic E-state index is 13.7. The monoisotopic (exact) mass is 261 g/mol. The normalized spacial score (nSPS) is 25.8. The summed E-state index contributed by atoms with van der Waals surface area (Å²) in [5.41, 5.74) is 1.04. The Bertz CT molecular complexity index is 495. The number of halogens is 1. The molecule has 1 aromatic carbocycles. The van der Waals surface area contributed by atoms with Crippen molar-refractivity contribution in [2.45, 2.75) is 38.9 Å². The van der Waals surface area contributed by atoms with Crippen LogP contribution in [0.3, 0.4) is 0 Å². The SMILES string of the molecule is CC(c1ccc(C#N)c(F)c1)N1C[C@H](C)NC[C@H]1C. The maximum Gasteiger partial charge on any atom is 0.141 e. The van der Waals surface area contributed by atoms with Gasteiger partial charge in [-0.15, -0.1) is 0 Å². The highest BCUT2D eigenvalue weighted by Gasteiger charge is 2.27. The van der Waals surface area contributed by atoms with Gasteiger partial charge in [-0.2, -0.15) is 5.26 Å². The van der Waals surface area contributed by atoms with Crippen LogP contribution in [0.15, 0.2) is 18.2 Å². The molecule has 0 aromatic heterocycles. The summed E-state index contributed by atoms with van der Waals surface area (Å²) in [7, 11) is 0. The van der Waals surface area contributed by atoms with E-state index in [0.29, 0.717) is 12.1 Å². The third kappa shape index (κ3) is 2.94. The fourth-order valence-electron chi connectivity index (χ4n) is 2.66. The molecule has 0 bridgehead atoms. The molecule has 1 unspecified atom stereocenters. The van der Waals surface area contributed by atoms with Crippen LogP contribution in [0.25, 0.3) is 0 Å². The van der Waals surface area contributed by atoms with Crippen molar-refractivity contribution in [1.82, 2.24) is 10.2 Å². The van der Waals surface area contributed by atoms with Crippen molar-refractivity contribution in [3.8, 4) is 6.07 Å². The largest absolute Gasteiger partial charge is 0.311 e. The highest BCUT2D eigenvalue weighted by Crippen LogP contribution is 2.25. The molecule has 102 valence electrons. The number of hydrogen-bond donors (Lipinski definition) is 1.